The van der Waals surface area contributed by atoms with Crippen molar-refractivity contribution in [3.05, 3.63) is 46.8 Å². The van der Waals surface area contributed by atoms with Crippen LogP contribution in [-0.4, -0.2) is 15.0 Å². The summed E-state index contributed by atoms with van der Waals surface area (Å²) < 4.78 is 28.9. The van der Waals surface area contributed by atoms with E-state index in [-0.39, 0.29) is 5.56 Å². The molecule has 0 bridgehead atoms. The van der Waals surface area contributed by atoms with E-state index in [1.165, 1.54) is 23.0 Å². The molecule has 1 heterocycles. The molecule has 90 valence electrons. The van der Waals surface area contributed by atoms with Gasteiger partial charge >= 0.3 is 0 Å². The highest BCUT2D eigenvalue weighted by Crippen LogP contribution is 2.25. The quantitative estimate of drug-likeness (QED) is 0.861. The molecule has 0 radical (unpaired) electrons. The number of aryl methyl sites for hydroxylation is 2. The van der Waals surface area contributed by atoms with Crippen molar-refractivity contribution >= 4 is 0 Å². The summed E-state index contributed by atoms with van der Waals surface area (Å²) in [6.45, 7) is 1.56. The molecule has 0 fully saturated rings. The van der Waals surface area contributed by atoms with E-state index in [1.54, 1.807) is 14.0 Å². The van der Waals surface area contributed by atoms with Gasteiger partial charge in [0.05, 0.1) is 17.9 Å². The van der Waals surface area contributed by atoms with E-state index < -0.39 is 17.7 Å². The zero-order chi connectivity index (χ0) is 12.6. The maximum absolute atomic E-state index is 13.9. The van der Waals surface area contributed by atoms with E-state index in [0.717, 1.165) is 0 Å². The molecule has 2 rings (SSSR count). The Balaban J connectivity index is 2.55. The highest BCUT2D eigenvalue weighted by Gasteiger charge is 2.22. The molecule has 0 spiro atoms. The summed E-state index contributed by atoms with van der Waals surface area (Å²) in [5.41, 5.74) is 6.50. The van der Waals surface area contributed by atoms with Gasteiger partial charge in [0.1, 0.15) is 11.6 Å². The van der Waals surface area contributed by atoms with Crippen molar-refractivity contribution in [3.63, 3.8) is 0 Å². The maximum Gasteiger partial charge on any atom is 0.134 e. The molecule has 0 amide bonds. The Morgan fingerprint density at radius 3 is 2.65 bits per heavy atom. The van der Waals surface area contributed by atoms with Gasteiger partial charge in [0.15, 0.2) is 0 Å². The lowest BCUT2D eigenvalue weighted by molar-refractivity contribution is 0.528. The molecule has 1 unspecified atom stereocenters. The molecule has 1 atom stereocenters. The molecular formula is C11H12F2N4. The Kier molecular flexibility index (Phi) is 2.89. The lowest BCUT2D eigenvalue weighted by atomic mass is 10.0. The molecule has 0 aliphatic carbocycles. The van der Waals surface area contributed by atoms with Crippen LogP contribution in [0.3, 0.4) is 0 Å². The molecular weight excluding hydrogens is 226 g/mol. The van der Waals surface area contributed by atoms with E-state index in [9.17, 15) is 8.78 Å². The first kappa shape index (κ1) is 11.7. The Morgan fingerprint density at radius 1 is 1.35 bits per heavy atom. The molecule has 6 heteroatoms. The van der Waals surface area contributed by atoms with Crippen LogP contribution in [0.5, 0.6) is 0 Å². The summed E-state index contributed by atoms with van der Waals surface area (Å²) in [6, 6.07) is 1.66. The average molecular weight is 238 g/mol. The molecule has 2 N–H and O–H groups in total. The molecule has 17 heavy (non-hydrogen) atoms. The van der Waals surface area contributed by atoms with Gasteiger partial charge in [-0.25, -0.2) is 8.78 Å². The number of nitrogens with two attached hydrogens (primary N) is 1. The van der Waals surface area contributed by atoms with E-state index in [1.807, 2.05) is 0 Å². The summed E-state index contributed by atoms with van der Waals surface area (Å²) in [4.78, 5) is 0. The van der Waals surface area contributed by atoms with Crippen molar-refractivity contribution in [2.75, 3.05) is 0 Å². The summed E-state index contributed by atoms with van der Waals surface area (Å²) in [5.74, 6) is -1.29. The van der Waals surface area contributed by atoms with Gasteiger partial charge in [-0.1, -0.05) is 11.3 Å². The van der Waals surface area contributed by atoms with Crippen LogP contribution in [0.1, 0.15) is 22.9 Å². The van der Waals surface area contributed by atoms with Crippen LogP contribution in [0.15, 0.2) is 18.3 Å². The summed E-state index contributed by atoms with van der Waals surface area (Å²) >= 11 is 0. The lowest BCUT2D eigenvalue weighted by Gasteiger charge is -2.14. The van der Waals surface area contributed by atoms with E-state index >= 15 is 0 Å². The number of rotatable bonds is 2. The molecule has 4 nitrogen and oxygen atoms in total. The fourth-order valence-corrected chi connectivity index (χ4v) is 1.69. The largest absolute Gasteiger partial charge is 0.319 e. The predicted molar refractivity (Wildman–Crippen MR) is 58.1 cm³/mol. The molecule has 0 saturated heterocycles. The number of benzene rings is 1. The zero-order valence-corrected chi connectivity index (χ0v) is 9.48. The second-order valence-corrected chi connectivity index (χ2v) is 3.85. The van der Waals surface area contributed by atoms with E-state index in [2.05, 4.69) is 10.3 Å². The molecule has 0 aliphatic rings. The zero-order valence-electron chi connectivity index (χ0n) is 9.48. The third kappa shape index (κ3) is 1.91. The van der Waals surface area contributed by atoms with Gasteiger partial charge in [0.2, 0.25) is 0 Å². The van der Waals surface area contributed by atoms with Gasteiger partial charge < -0.3 is 5.73 Å². The summed E-state index contributed by atoms with van der Waals surface area (Å²) in [7, 11) is 1.62. The van der Waals surface area contributed by atoms with Gasteiger partial charge in [-0.3, -0.25) is 4.68 Å². The van der Waals surface area contributed by atoms with Crippen LogP contribution in [0, 0.1) is 18.6 Å². The number of nitrogens with zero attached hydrogens (tertiary/aromatic N) is 3. The Morgan fingerprint density at radius 2 is 2.06 bits per heavy atom. The Bertz CT molecular complexity index is 550. The van der Waals surface area contributed by atoms with Gasteiger partial charge in [-0.15, -0.1) is 5.10 Å². The van der Waals surface area contributed by atoms with Gasteiger partial charge in [0, 0.05) is 12.6 Å². The van der Waals surface area contributed by atoms with Crippen molar-refractivity contribution in [2.45, 2.75) is 13.0 Å². The summed E-state index contributed by atoms with van der Waals surface area (Å²) in [6.07, 6.45) is 1.39. The Hall–Kier alpha value is -1.82. The monoisotopic (exact) mass is 238 g/mol. The topological polar surface area (TPSA) is 56.7 Å². The Labute approximate surface area is 97.0 Å². The van der Waals surface area contributed by atoms with Crippen molar-refractivity contribution in [1.82, 2.24) is 15.0 Å². The van der Waals surface area contributed by atoms with Crippen molar-refractivity contribution in [3.8, 4) is 0 Å². The fourth-order valence-electron chi connectivity index (χ4n) is 1.69. The van der Waals surface area contributed by atoms with Crippen LogP contribution in [-0.2, 0) is 7.05 Å². The molecule has 2 aromatic rings. The van der Waals surface area contributed by atoms with Crippen molar-refractivity contribution in [1.29, 1.82) is 0 Å². The fraction of sp³-hybridized carbons (Fsp3) is 0.273. The van der Waals surface area contributed by atoms with Gasteiger partial charge in [0.25, 0.3) is 0 Å². The smallest absolute Gasteiger partial charge is 0.134 e. The molecule has 0 aliphatic heterocycles. The SMILES string of the molecule is Cc1ccc(F)c(C(N)c2cnnn2C)c1F. The second-order valence-electron chi connectivity index (χ2n) is 3.85. The maximum atomic E-state index is 13.9. The first-order chi connectivity index (χ1) is 8.02. The molecule has 1 aromatic carbocycles. The minimum Gasteiger partial charge on any atom is -0.319 e. The van der Waals surface area contributed by atoms with Crippen molar-refractivity contribution in [2.24, 2.45) is 12.8 Å². The molecule has 0 saturated carbocycles. The van der Waals surface area contributed by atoms with Crippen LogP contribution < -0.4 is 5.73 Å². The number of hydrogen-bond donors (Lipinski definition) is 1. The minimum absolute atomic E-state index is 0.157. The summed E-state index contributed by atoms with van der Waals surface area (Å²) in [5, 5.41) is 7.32. The van der Waals surface area contributed by atoms with E-state index in [0.29, 0.717) is 11.3 Å². The third-order valence-electron chi connectivity index (χ3n) is 2.70. The minimum atomic E-state index is -0.921. The standard InChI is InChI=1S/C11H12F2N4/c1-6-3-4-7(12)9(10(6)13)11(14)8-5-15-16-17(8)2/h3-5,11H,14H2,1-2H3. The van der Waals surface area contributed by atoms with Crippen LogP contribution in [0.4, 0.5) is 8.78 Å². The second kappa shape index (κ2) is 4.21. The third-order valence-corrected chi connectivity index (χ3v) is 2.70. The normalized spacial score (nSPS) is 12.8. The number of aromatic nitrogens is 3. The predicted octanol–water partition coefficient (Wildman–Crippen LogP) is 1.45. The number of hydrogen-bond acceptors (Lipinski definition) is 3. The van der Waals surface area contributed by atoms with Gasteiger partial charge in [-0.05, 0) is 18.6 Å². The average Bonchev–Trinajstić information content (AvgIpc) is 2.70. The van der Waals surface area contributed by atoms with Crippen molar-refractivity contribution < 1.29 is 8.78 Å². The van der Waals surface area contributed by atoms with Crippen LogP contribution >= 0.6 is 0 Å². The highest BCUT2D eigenvalue weighted by atomic mass is 19.1. The van der Waals surface area contributed by atoms with Gasteiger partial charge in [-0.2, -0.15) is 0 Å². The van der Waals surface area contributed by atoms with Crippen LogP contribution in [0.2, 0.25) is 0 Å². The number of halogens is 2. The molecule has 1 aromatic heterocycles. The van der Waals surface area contributed by atoms with E-state index in [4.69, 9.17) is 5.73 Å². The highest BCUT2D eigenvalue weighted by molar-refractivity contribution is 5.33. The lowest BCUT2D eigenvalue weighted by Crippen LogP contribution is -2.19. The van der Waals surface area contributed by atoms with Crippen LogP contribution in [0.25, 0.3) is 0 Å². The first-order valence-corrected chi connectivity index (χ1v) is 5.07. The first-order valence-electron chi connectivity index (χ1n) is 5.07.